The maximum atomic E-state index is 8.52. The zero-order valence-electron chi connectivity index (χ0n) is 24.8. The number of aliphatic hydroxyl groups is 1. The molecule has 1 aromatic carbocycles. The molecular formula is C31H50N2O4. The van der Waals surface area contributed by atoms with Crippen LogP contribution >= 0.6 is 0 Å². The number of aromatic nitrogens is 1. The van der Waals surface area contributed by atoms with E-state index in [0.717, 1.165) is 31.0 Å². The molecule has 1 fully saturated rings. The van der Waals surface area contributed by atoms with Gasteiger partial charge in [-0.3, -0.25) is 9.78 Å². The van der Waals surface area contributed by atoms with Crippen LogP contribution in [0.1, 0.15) is 86.4 Å². The van der Waals surface area contributed by atoms with E-state index in [1.54, 1.807) is 20.8 Å². The lowest BCUT2D eigenvalue weighted by atomic mass is 9.82. The van der Waals surface area contributed by atoms with E-state index in [1.165, 1.54) is 35.2 Å². The summed E-state index contributed by atoms with van der Waals surface area (Å²) in [5, 5.41) is 15.4. The van der Waals surface area contributed by atoms with E-state index in [2.05, 4.69) is 83.8 Å². The average molecular weight is 515 g/mol. The van der Waals surface area contributed by atoms with Gasteiger partial charge in [0.2, 0.25) is 0 Å². The molecule has 1 atom stereocenters. The Labute approximate surface area is 225 Å². The quantitative estimate of drug-likeness (QED) is 0.398. The fraction of sp³-hybridized carbons (Fsp3) is 0.613. The van der Waals surface area contributed by atoms with Crippen molar-refractivity contribution < 1.29 is 19.7 Å². The van der Waals surface area contributed by atoms with Crippen LogP contribution in [0.25, 0.3) is 11.1 Å². The summed E-state index contributed by atoms with van der Waals surface area (Å²) in [7, 11) is 0. The number of pyridine rings is 1. The van der Waals surface area contributed by atoms with Crippen molar-refractivity contribution in [3.63, 3.8) is 0 Å². The minimum atomic E-state index is -0.500. The van der Waals surface area contributed by atoms with Crippen molar-refractivity contribution >= 4 is 12.2 Å². The van der Waals surface area contributed by atoms with Gasteiger partial charge in [0.15, 0.2) is 0 Å². The number of aryl methyl sites for hydroxylation is 1. The molecule has 0 amide bonds. The fourth-order valence-corrected chi connectivity index (χ4v) is 4.03. The van der Waals surface area contributed by atoms with Gasteiger partial charge in [-0.1, -0.05) is 46.8 Å². The first-order chi connectivity index (χ1) is 17.1. The maximum Gasteiger partial charge on any atom is 0.290 e. The first kappa shape index (κ1) is 32.4. The largest absolute Gasteiger partial charge is 0.490 e. The normalized spacial score (nSPS) is 15.6. The third kappa shape index (κ3) is 11.1. The Balaban J connectivity index is 0.000000751. The second-order valence-corrected chi connectivity index (χ2v) is 12.0. The molecule has 1 aliphatic heterocycles. The highest BCUT2D eigenvalue weighted by Gasteiger charge is 2.28. The fourth-order valence-electron chi connectivity index (χ4n) is 4.03. The van der Waals surface area contributed by atoms with Crippen LogP contribution in [0.3, 0.4) is 0 Å². The molecule has 6 nitrogen and oxygen atoms in total. The van der Waals surface area contributed by atoms with E-state index >= 15 is 0 Å². The minimum Gasteiger partial charge on any atom is -0.490 e. The Morgan fingerprint density at radius 1 is 1.11 bits per heavy atom. The molecule has 0 spiro atoms. The molecule has 2 N–H and O–H groups in total. The molecule has 0 unspecified atom stereocenters. The summed E-state index contributed by atoms with van der Waals surface area (Å²) in [4.78, 5) is 15.7. The van der Waals surface area contributed by atoms with E-state index < -0.39 is 5.60 Å². The molecule has 208 valence electrons. The van der Waals surface area contributed by atoms with Crippen molar-refractivity contribution in [3.8, 4) is 16.9 Å². The first-order valence-electron chi connectivity index (χ1n) is 13.4. The predicted octanol–water partition coefficient (Wildman–Crippen LogP) is 7.15. The predicted molar refractivity (Wildman–Crippen MR) is 155 cm³/mol. The number of nitrogens with zero attached hydrogens (tertiary/aromatic N) is 2. The van der Waals surface area contributed by atoms with Gasteiger partial charge in [0.25, 0.3) is 6.47 Å². The number of carbonyl (C=O) groups is 1. The number of carboxylic acid groups (broad SMARTS) is 1. The number of anilines is 1. The Kier molecular flexibility index (Phi) is 12.6. The number of hydrogen-bond acceptors (Lipinski definition) is 5. The van der Waals surface area contributed by atoms with Crippen LogP contribution in [0.15, 0.2) is 30.5 Å². The van der Waals surface area contributed by atoms with Crippen molar-refractivity contribution in [2.24, 2.45) is 11.3 Å². The molecule has 6 heteroatoms. The molecule has 37 heavy (non-hydrogen) atoms. The molecule has 3 rings (SSSR count). The molecule has 2 aromatic rings. The molecule has 1 aromatic heterocycles. The van der Waals surface area contributed by atoms with Gasteiger partial charge in [0, 0.05) is 30.5 Å². The highest BCUT2D eigenvalue weighted by molar-refractivity contribution is 5.81. The van der Waals surface area contributed by atoms with Crippen molar-refractivity contribution in [2.45, 2.75) is 100 Å². The smallest absolute Gasteiger partial charge is 0.290 e. The maximum absolute atomic E-state index is 8.52. The lowest BCUT2D eigenvalue weighted by molar-refractivity contribution is -0.122. The second kappa shape index (κ2) is 14.4. The van der Waals surface area contributed by atoms with E-state index in [1.807, 2.05) is 0 Å². The number of benzene rings is 1. The van der Waals surface area contributed by atoms with Gasteiger partial charge in [-0.2, -0.15) is 0 Å². The summed E-state index contributed by atoms with van der Waals surface area (Å²) in [6.07, 6.45) is 5.75. The zero-order valence-corrected chi connectivity index (χ0v) is 24.8. The highest BCUT2D eigenvalue weighted by atomic mass is 16.5. The molecule has 1 saturated heterocycles. The second-order valence-electron chi connectivity index (χ2n) is 12.0. The third-order valence-corrected chi connectivity index (χ3v) is 6.58. The number of piperidine rings is 1. The van der Waals surface area contributed by atoms with Gasteiger partial charge in [0.1, 0.15) is 5.75 Å². The standard InChI is InChI=1S/C26H38N2O.C4H10O.CH2O2/c1-8-23-19(4)27-17-24(25(23)28-15-13-26(6,7)14-16-28)21-9-11-22(12-10-21)29-20(5)18(2)3;1-4(2,3)5;2-1-3/h9-12,17-18,20H,8,13-16H2,1-7H3;5H,1-3H3;1H,(H,2,3)/t20-;;/m0../s1. The molecule has 0 aliphatic carbocycles. The van der Waals surface area contributed by atoms with Crippen LogP contribution < -0.4 is 9.64 Å². The van der Waals surface area contributed by atoms with Crippen LogP contribution in [0.2, 0.25) is 0 Å². The first-order valence-corrected chi connectivity index (χ1v) is 13.4. The number of hydrogen-bond donors (Lipinski definition) is 2. The van der Waals surface area contributed by atoms with Gasteiger partial charge in [-0.25, -0.2) is 0 Å². The number of ether oxygens (including phenoxy) is 1. The van der Waals surface area contributed by atoms with Gasteiger partial charge in [-0.15, -0.1) is 0 Å². The van der Waals surface area contributed by atoms with E-state index in [9.17, 15) is 0 Å². The van der Waals surface area contributed by atoms with Crippen molar-refractivity contribution in [1.82, 2.24) is 4.98 Å². The van der Waals surface area contributed by atoms with E-state index in [4.69, 9.17) is 24.7 Å². The van der Waals surface area contributed by atoms with Crippen LogP contribution in [0.5, 0.6) is 5.75 Å². The SMILES string of the molecule is CC(C)(C)O.CCc1c(C)ncc(-c2ccc(O[C@@H](C)C(C)C)cc2)c1N1CCC(C)(C)CC1.O=CO. The minimum absolute atomic E-state index is 0.209. The summed E-state index contributed by atoms with van der Waals surface area (Å²) in [5.74, 6) is 1.44. The Bertz CT molecular complexity index is 946. The highest BCUT2D eigenvalue weighted by Crippen LogP contribution is 2.40. The molecule has 2 heterocycles. The number of rotatable bonds is 6. The molecule has 0 bridgehead atoms. The van der Waals surface area contributed by atoms with Crippen molar-refractivity contribution in [2.75, 3.05) is 18.0 Å². The zero-order chi connectivity index (χ0) is 28.4. The summed E-state index contributed by atoms with van der Waals surface area (Å²) in [6, 6.07) is 8.57. The average Bonchev–Trinajstić information content (AvgIpc) is 2.79. The molecule has 1 aliphatic rings. The van der Waals surface area contributed by atoms with Gasteiger partial charge < -0.3 is 19.8 Å². The van der Waals surface area contributed by atoms with Crippen LogP contribution in [-0.4, -0.2) is 46.5 Å². The Hall–Kier alpha value is -2.60. The molecular weight excluding hydrogens is 464 g/mol. The summed E-state index contributed by atoms with van der Waals surface area (Å²) < 4.78 is 6.07. The van der Waals surface area contributed by atoms with Gasteiger partial charge in [-0.05, 0) is 88.5 Å². The Morgan fingerprint density at radius 3 is 2.03 bits per heavy atom. The van der Waals surface area contributed by atoms with Gasteiger partial charge >= 0.3 is 0 Å². The lowest BCUT2D eigenvalue weighted by Gasteiger charge is -2.40. The van der Waals surface area contributed by atoms with Crippen molar-refractivity contribution in [1.29, 1.82) is 0 Å². The van der Waals surface area contributed by atoms with Gasteiger partial charge in [0.05, 0.1) is 17.4 Å². The van der Waals surface area contributed by atoms with E-state index in [-0.39, 0.29) is 12.6 Å². The topological polar surface area (TPSA) is 82.9 Å². The third-order valence-electron chi connectivity index (χ3n) is 6.58. The summed E-state index contributed by atoms with van der Waals surface area (Å²) in [6.45, 7) is 22.9. The Morgan fingerprint density at radius 2 is 1.59 bits per heavy atom. The molecule has 0 radical (unpaired) electrons. The summed E-state index contributed by atoms with van der Waals surface area (Å²) in [5.41, 5.74) is 6.33. The summed E-state index contributed by atoms with van der Waals surface area (Å²) >= 11 is 0. The van der Waals surface area contributed by atoms with Crippen LogP contribution in [0.4, 0.5) is 5.69 Å². The van der Waals surface area contributed by atoms with Crippen LogP contribution in [0, 0.1) is 18.3 Å². The lowest BCUT2D eigenvalue weighted by Crippen LogP contribution is -2.38. The van der Waals surface area contributed by atoms with E-state index in [0.29, 0.717) is 11.3 Å². The molecule has 0 saturated carbocycles. The van der Waals surface area contributed by atoms with Crippen molar-refractivity contribution in [3.05, 3.63) is 41.7 Å². The van der Waals surface area contributed by atoms with Crippen LogP contribution in [-0.2, 0) is 11.2 Å². The monoisotopic (exact) mass is 514 g/mol.